The van der Waals surface area contributed by atoms with Crippen LogP contribution in [-0.4, -0.2) is 266 Å². The molecule has 0 radical (unpaired) electrons. The van der Waals surface area contributed by atoms with E-state index in [1.54, 1.807) is 44.5 Å². The SMILES string of the molecule is CC[C@]1(O)CC2CN(CCC3=C(Cc4ccccc43)[C@@](C(=O)OC)(c3cc4c(cc3OC)N(C)[C@H]3[C@@](O)(C(=O)NCC(=O)OCCSSC[C@@H](NC(=O)[C@@H](CC(=O)[C@H](CC(=O)O)NC(=O)CC[C@H](CC(=O)CC[C@H](NC(=S)NC(CCC(=O)O)OC=O)C(=O)O)C(=O)O)Cc5ccccc5)C(=O)O)[C@H](O)[C@]5(CC)C=CCN6CC[C@]43[C@H]65)C2)C1. The highest BCUT2D eigenvalue weighted by Gasteiger charge is 2.79. The number of amides is 3. The molecule has 33 nitrogen and oxygen atoms in total. The highest BCUT2D eigenvalue weighted by Crippen LogP contribution is 2.68. The number of Topliss-reactive ketones (excluding diaryl/α,β-unsaturated/α-hetero) is 2. The van der Waals surface area contributed by atoms with Crippen molar-refractivity contribution in [3.05, 3.63) is 112 Å². The zero-order chi connectivity index (χ0) is 85.8. The van der Waals surface area contributed by atoms with E-state index in [0.717, 1.165) is 49.4 Å². The lowest BCUT2D eigenvalue weighted by molar-refractivity contribution is -0.203. The summed E-state index contributed by atoms with van der Waals surface area (Å²) in [6.45, 7) is 5.69. The number of methoxy groups -OCH3 is 2. The Balaban J connectivity index is 0.768. The Morgan fingerprint density at radius 2 is 1.47 bits per heavy atom. The molecule has 5 heterocycles. The number of hydrogen-bond donors (Lipinski definition) is 13. The first kappa shape index (κ1) is 90.8. The van der Waals surface area contributed by atoms with Crippen molar-refractivity contribution in [2.45, 2.75) is 188 Å². The minimum Gasteiger partial charge on any atom is -0.496 e. The van der Waals surface area contributed by atoms with Gasteiger partial charge in [-0.15, -0.1) is 0 Å². The second-order valence-corrected chi connectivity index (χ2v) is 34.6. The lowest BCUT2D eigenvalue weighted by Crippen LogP contribution is -2.81. The second-order valence-electron chi connectivity index (χ2n) is 31.6. The summed E-state index contributed by atoms with van der Waals surface area (Å²) in [5.41, 5.74) is -1.05. The molecule has 3 aromatic rings. The number of esters is 2. The van der Waals surface area contributed by atoms with E-state index in [1.165, 1.54) is 7.11 Å². The molecule has 2 saturated heterocycles. The number of ketones is 2. The third-order valence-corrected chi connectivity index (χ3v) is 27.2. The number of fused-ring (bicyclic) bond motifs is 5. The first-order valence-electron chi connectivity index (χ1n) is 39.4. The number of likely N-dealkylation sites (N-methyl/N-ethyl adjacent to an activating group) is 1. The summed E-state index contributed by atoms with van der Waals surface area (Å²) in [5, 5.41) is 99.8. The monoisotopic (exact) mass is 1700 g/mol. The molecule has 0 aromatic heterocycles. The summed E-state index contributed by atoms with van der Waals surface area (Å²) in [7, 11) is 6.74. The number of nitrogens with one attached hydrogen (secondary N) is 5. The van der Waals surface area contributed by atoms with E-state index in [2.05, 4.69) is 48.5 Å². The third-order valence-electron chi connectivity index (χ3n) is 24.5. The van der Waals surface area contributed by atoms with Gasteiger partial charge in [0.15, 0.2) is 22.7 Å². The van der Waals surface area contributed by atoms with Crippen LogP contribution in [0.5, 0.6) is 5.75 Å². The van der Waals surface area contributed by atoms with E-state index in [4.69, 9.17) is 36.3 Å². The number of piperidine rings is 1. The van der Waals surface area contributed by atoms with Crippen LogP contribution in [0.4, 0.5) is 5.69 Å². The molecule has 118 heavy (non-hydrogen) atoms. The normalized spacial score (nSPS) is 26.0. The topological polar surface area (TPSA) is 491 Å². The smallest absolute Gasteiger partial charge is 0.327 e. The maximum Gasteiger partial charge on any atom is 0.327 e. The van der Waals surface area contributed by atoms with Crippen molar-refractivity contribution >= 4 is 128 Å². The Bertz CT molecular complexity index is 4400. The number of thiocarbonyl (C=S) groups is 1. The number of carboxylic acid groups (broad SMARTS) is 5. The number of carbonyl (C=O) groups excluding carboxylic acids is 8. The van der Waals surface area contributed by atoms with E-state index in [0.29, 0.717) is 87.4 Å². The minimum absolute atomic E-state index is 0.0222. The predicted molar refractivity (Wildman–Crippen MR) is 433 cm³/mol. The number of carboxylic acids is 5. The van der Waals surface area contributed by atoms with Gasteiger partial charge in [0.2, 0.25) is 11.8 Å². The lowest BCUT2D eigenvalue weighted by atomic mass is 9.47. The van der Waals surface area contributed by atoms with Crippen LogP contribution in [0.15, 0.2) is 84.5 Å². The lowest BCUT2D eigenvalue weighted by Gasteiger charge is -2.63. The zero-order valence-corrected chi connectivity index (χ0v) is 68.8. The molecular formula is C82H104N8O25S3. The number of aliphatic carboxylic acids is 5. The summed E-state index contributed by atoms with van der Waals surface area (Å²) in [5.74, 6) is -16.2. The highest BCUT2D eigenvalue weighted by molar-refractivity contribution is 8.76. The summed E-state index contributed by atoms with van der Waals surface area (Å²) in [6, 6.07) is 13.7. The van der Waals surface area contributed by atoms with Gasteiger partial charge in [0, 0.05) is 117 Å². The fourth-order valence-corrected chi connectivity index (χ4v) is 21.5. The van der Waals surface area contributed by atoms with Gasteiger partial charge >= 0.3 is 41.8 Å². The fraction of sp³-hybridized carbons (Fsp3) is 0.561. The molecule has 640 valence electrons. The number of benzene rings is 3. The van der Waals surface area contributed by atoms with Crippen molar-refractivity contribution in [2.75, 3.05) is 83.5 Å². The van der Waals surface area contributed by atoms with E-state index < -0.39 is 211 Å². The molecule has 3 aromatic carbocycles. The molecule has 16 atom stereocenters. The Labute approximate surface area is 694 Å². The molecule has 13 N–H and O–H groups in total. The van der Waals surface area contributed by atoms with Gasteiger partial charge in [0.25, 0.3) is 12.4 Å². The fourth-order valence-electron chi connectivity index (χ4n) is 19.2. The molecule has 1 spiro atoms. The van der Waals surface area contributed by atoms with Crippen molar-refractivity contribution in [3.63, 3.8) is 0 Å². The highest BCUT2D eigenvalue weighted by atomic mass is 33.1. The molecule has 3 unspecified atom stereocenters. The van der Waals surface area contributed by atoms with Crippen molar-refractivity contribution in [1.29, 1.82) is 0 Å². The first-order valence-corrected chi connectivity index (χ1v) is 42.3. The number of ether oxygens (including phenoxy) is 4. The minimum atomic E-state index is -2.63. The number of anilines is 1. The van der Waals surface area contributed by atoms with Crippen molar-refractivity contribution < 1.29 is 122 Å². The van der Waals surface area contributed by atoms with Crippen molar-refractivity contribution in [3.8, 4) is 5.75 Å². The predicted octanol–water partition coefficient (Wildman–Crippen LogP) is 3.46. The summed E-state index contributed by atoms with van der Waals surface area (Å²) >= 11 is 5.07. The van der Waals surface area contributed by atoms with Gasteiger partial charge in [-0.25, -0.2) is 9.59 Å². The third kappa shape index (κ3) is 19.5. The number of aliphatic hydroxyl groups excluding tert-OH is 1. The number of aliphatic hydroxyl groups is 3. The van der Waals surface area contributed by atoms with Crippen LogP contribution in [0.3, 0.4) is 0 Å². The summed E-state index contributed by atoms with van der Waals surface area (Å²) in [4.78, 5) is 177. The molecule has 36 heteroatoms. The van der Waals surface area contributed by atoms with Gasteiger partial charge in [-0.2, -0.15) is 0 Å². The molecular weight excluding hydrogens is 1590 g/mol. The number of hydrogen-bond acceptors (Lipinski definition) is 26. The molecule has 3 fully saturated rings. The van der Waals surface area contributed by atoms with Crippen LogP contribution >= 0.6 is 33.8 Å². The van der Waals surface area contributed by atoms with Gasteiger partial charge in [-0.05, 0) is 128 Å². The molecule has 7 aliphatic rings. The van der Waals surface area contributed by atoms with Gasteiger partial charge in [0.1, 0.15) is 48.3 Å². The molecule has 10 rings (SSSR count). The van der Waals surface area contributed by atoms with Gasteiger partial charge in [-0.3, -0.25) is 62.5 Å². The van der Waals surface area contributed by atoms with Crippen molar-refractivity contribution in [2.24, 2.45) is 23.2 Å². The Morgan fingerprint density at radius 1 is 0.746 bits per heavy atom. The van der Waals surface area contributed by atoms with Crippen LogP contribution in [0.1, 0.15) is 138 Å². The van der Waals surface area contributed by atoms with E-state index in [-0.39, 0.29) is 61.3 Å². The largest absolute Gasteiger partial charge is 0.496 e. The molecule has 2 aliphatic carbocycles. The van der Waals surface area contributed by atoms with Gasteiger partial charge in [0.05, 0.1) is 50.7 Å². The van der Waals surface area contributed by atoms with Gasteiger partial charge < -0.3 is 91.3 Å². The molecule has 5 aliphatic heterocycles. The number of rotatable bonds is 42. The number of nitrogens with zero attached hydrogens (tertiary/aromatic N) is 3. The van der Waals surface area contributed by atoms with E-state index >= 15 is 9.59 Å². The summed E-state index contributed by atoms with van der Waals surface area (Å²) in [6.07, 6.45) is -1.55. The Morgan fingerprint density at radius 3 is 2.14 bits per heavy atom. The zero-order valence-electron chi connectivity index (χ0n) is 66.3. The Hall–Kier alpha value is -9.56. The quantitative estimate of drug-likeness (QED) is 0.00564. The van der Waals surface area contributed by atoms with Crippen LogP contribution in [0, 0.1) is 23.2 Å². The Kier molecular flexibility index (Phi) is 30.1. The van der Waals surface area contributed by atoms with Crippen molar-refractivity contribution in [1.82, 2.24) is 36.4 Å². The maximum atomic E-state index is 15.7. The average Bonchev–Trinajstić information content (AvgIpc) is 1.47. The van der Waals surface area contributed by atoms with Crippen LogP contribution in [0.25, 0.3) is 5.57 Å². The first-order chi connectivity index (χ1) is 56.2. The molecule has 1 saturated carbocycles. The number of carbonyl (C=O) groups is 13. The average molecular weight is 1700 g/mol. The van der Waals surface area contributed by atoms with Gasteiger partial charge in [-0.1, -0.05) is 102 Å². The van der Waals surface area contributed by atoms with E-state index in [9.17, 15) is 88.5 Å². The summed E-state index contributed by atoms with van der Waals surface area (Å²) < 4.78 is 22.8. The van der Waals surface area contributed by atoms with Crippen LogP contribution < -0.4 is 36.2 Å². The second kappa shape index (κ2) is 39.1. The maximum absolute atomic E-state index is 15.7. The van der Waals surface area contributed by atoms with Crippen LogP contribution in [-0.2, 0) is 100 Å². The molecule has 2 bridgehead atoms. The molecule has 3 amide bonds. The standard InChI is InChI=1S/C82H104N8O25S3/c1-6-78(110)39-47-40-81(76(109)113-5,54-34-48-16-11-12-17-52(48)53(54)24-28-89(42-47)44-78)56-36-55-60(38-62(56)112-4)88(3)73-80(55)26-29-90-27-13-25-79(7-2,72(80)90)74(107)82(73,111)75(108)83-41-67(99)114-30-31-117-118-43-59(71(105)106)85-68(100)50(32-46-14-9-8-10-15-46)35-61(93)58(37-66(97)98)84-63(94)21-18-49(69(101)102)33-51(92)19-20-57(70(103)104)86-77(116)87-64(115-45-91)22-23-65(95)96/h8-17,25,36,38,45,47,49-50,57-59,64,72-74,107,110-111H,6-7,18-24,26-35,37,39-44H2,1-5H3,(H,83,108)(H,84,94)(H,85,100)(H,95,96)(H,97,98)(H,101,102)(H,103,104)(H,105,106)(H2,86,87,116)/t47?,49-,50-,57+,58+,59-,64?,72-,73-,74-,78+,79-,80-,81-,82+/m1/s1. The van der Waals surface area contributed by atoms with E-state index in [1.807, 2.05) is 55.2 Å². The van der Waals surface area contributed by atoms with Crippen LogP contribution in [0.2, 0.25) is 0 Å².